The van der Waals surface area contributed by atoms with Crippen molar-refractivity contribution in [2.75, 3.05) is 6.61 Å². The van der Waals surface area contributed by atoms with Crippen LogP contribution in [0.2, 0.25) is 0 Å². The molecule has 96 valence electrons. The van der Waals surface area contributed by atoms with E-state index in [0.717, 1.165) is 0 Å². The third-order valence-corrected chi connectivity index (χ3v) is 3.19. The highest BCUT2D eigenvalue weighted by molar-refractivity contribution is 7.51. The zero-order valence-electron chi connectivity index (χ0n) is 10.4. The lowest BCUT2D eigenvalue weighted by Crippen LogP contribution is -2.28. The van der Waals surface area contributed by atoms with Gasteiger partial charge in [0.25, 0.3) is 0 Å². The molecule has 0 rings (SSSR count). The molecule has 6 heteroatoms. The van der Waals surface area contributed by atoms with Gasteiger partial charge in [-0.25, -0.2) is 4.57 Å². The van der Waals surface area contributed by atoms with E-state index in [2.05, 4.69) is 5.09 Å². The molecule has 0 spiro atoms. The standard InChI is InChI=1S/C10H22NO4P/c1-5-9(6-2)10(12)11-16(13,14)15-7-8(3)4/h8-9H,5-7H2,1-4H3,(H2,11,12,13,14). The second kappa shape index (κ2) is 7.05. The smallest absolute Gasteiger partial charge is 0.308 e. The van der Waals surface area contributed by atoms with Gasteiger partial charge >= 0.3 is 7.75 Å². The largest absolute Gasteiger partial charge is 0.432 e. The van der Waals surface area contributed by atoms with Crippen molar-refractivity contribution in [3.63, 3.8) is 0 Å². The maximum Gasteiger partial charge on any atom is 0.432 e. The van der Waals surface area contributed by atoms with E-state index in [1.807, 2.05) is 27.7 Å². The molecule has 0 aromatic heterocycles. The fraction of sp³-hybridized carbons (Fsp3) is 0.900. The molecule has 0 aromatic carbocycles. The zero-order valence-corrected chi connectivity index (χ0v) is 11.3. The van der Waals surface area contributed by atoms with E-state index < -0.39 is 13.7 Å². The highest BCUT2D eigenvalue weighted by atomic mass is 31.2. The normalized spacial score (nSPS) is 15.2. The van der Waals surface area contributed by atoms with Gasteiger partial charge in [0, 0.05) is 5.92 Å². The van der Waals surface area contributed by atoms with Crippen molar-refractivity contribution in [3.8, 4) is 0 Å². The first-order chi connectivity index (χ1) is 7.32. The molecule has 0 bridgehead atoms. The van der Waals surface area contributed by atoms with Crippen LogP contribution in [0, 0.1) is 11.8 Å². The molecule has 5 nitrogen and oxygen atoms in total. The average molecular weight is 251 g/mol. The molecular weight excluding hydrogens is 229 g/mol. The van der Waals surface area contributed by atoms with Crippen LogP contribution in [0.15, 0.2) is 0 Å². The van der Waals surface area contributed by atoms with Gasteiger partial charge in [-0.3, -0.25) is 14.4 Å². The zero-order chi connectivity index (χ0) is 12.8. The van der Waals surface area contributed by atoms with Crippen LogP contribution < -0.4 is 5.09 Å². The van der Waals surface area contributed by atoms with E-state index in [1.165, 1.54) is 0 Å². The lowest BCUT2D eigenvalue weighted by Gasteiger charge is -2.17. The summed E-state index contributed by atoms with van der Waals surface area (Å²) in [5, 5.41) is 2.06. The van der Waals surface area contributed by atoms with E-state index in [-0.39, 0.29) is 18.4 Å². The summed E-state index contributed by atoms with van der Waals surface area (Å²) in [7, 11) is -3.98. The van der Waals surface area contributed by atoms with Crippen LogP contribution in [0.4, 0.5) is 0 Å². The highest BCUT2D eigenvalue weighted by Crippen LogP contribution is 2.37. The maximum absolute atomic E-state index is 11.5. The molecule has 0 aromatic rings. The third-order valence-electron chi connectivity index (χ3n) is 2.19. The molecule has 0 saturated heterocycles. The molecule has 0 radical (unpaired) electrons. The summed E-state index contributed by atoms with van der Waals surface area (Å²) in [6.45, 7) is 7.61. The molecule has 0 aliphatic heterocycles. The summed E-state index contributed by atoms with van der Waals surface area (Å²) in [5.74, 6) is -0.506. The van der Waals surface area contributed by atoms with Crippen molar-refractivity contribution >= 4 is 13.7 Å². The van der Waals surface area contributed by atoms with Crippen molar-refractivity contribution in [1.82, 2.24) is 5.09 Å². The summed E-state index contributed by atoms with van der Waals surface area (Å²) in [5.41, 5.74) is 0. The van der Waals surface area contributed by atoms with Gasteiger partial charge in [0.05, 0.1) is 6.61 Å². The fourth-order valence-electron chi connectivity index (χ4n) is 1.17. The Morgan fingerprint density at radius 2 is 1.88 bits per heavy atom. The first kappa shape index (κ1) is 15.6. The molecule has 1 amide bonds. The third kappa shape index (κ3) is 6.26. The van der Waals surface area contributed by atoms with E-state index in [0.29, 0.717) is 12.8 Å². The van der Waals surface area contributed by atoms with E-state index in [4.69, 9.17) is 4.52 Å². The van der Waals surface area contributed by atoms with Gasteiger partial charge in [-0.05, 0) is 18.8 Å². The Balaban J connectivity index is 4.24. The Hall–Kier alpha value is -0.380. The molecular formula is C10H22NO4P. The minimum absolute atomic E-state index is 0.144. The summed E-state index contributed by atoms with van der Waals surface area (Å²) >= 11 is 0. The summed E-state index contributed by atoms with van der Waals surface area (Å²) < 4.78 is 16.2. The number of rotatable bonds is 7. The van der Waals surface area contributed by atoms with Gasteiger partial charge in [-0.15, -0.1) is 0 Å². The van der Waals surface area contributed by atoms with E-state index in [9.17, 15) is 14.3 Å². The minimum Gasteiger partial charge on any atom is -0.308 e. The summed E-state index contributed by atoms with van der Waals surface area (Å²) in [6.07, 6.45) is 1.29. The average Bonchev–Trinajstić information content (AvgIpc) is 2.16. The maximum atomic E-state index is 11.5. The van der Waals surface area contributed by atoms with Gasteiger partial charge in [-0.2, -0.15) is 0 Å². The van der Waals surface area contributed by atoms with Gasteiger partial charge in [0.2, 0.25) is 5.91 Å². The Labute approximate surface area is 97.2 Å². The SMILES string of the molecule is CCC(CC)C(=O)NP(=O)(O)OCC(C)C. The van der Waals surface area contributed by atoms with Crippen molar-refractivity contribution in [2.24, 2.45) is 11.8 Å². The van der Waals surface area contributed by atoms with Crippen LogP contribution >= 0.6 is 7.75 Å². The molecule has 0 saturated carbocycles. The van der Waals surface area contributed by atoms with Gasteiger partial charge in [-0.1, -0.05) is 27.7 Å². The van der Waals surface area contributed by atoms with Crippen LogP contribution in [-0.4, -0.2) is 17.4 Å². The van der Waals surface area contributed by atoms with Crippen LogP contribution in [0.5, 0.6) is 0 Å². The summed E-state index contributed by atoms with van der Waals surface area (Å²) in [6, 6.07) is 0. The Bertz CT molecular complexity index is 264. The highest BCUT2D eigenvalue weighted by Gasteiger charge is 2.26. The predicted octanol–water partition coefficient (Wildman–Crippen LogP) is 2.31. The van der Waals surface area contributed by atoms with Crippen LogP contribution in [0.3, 0.4) is 0 Å². The molecule has 0 fully saturated rings. The molecule has 0 heterocycles. The van der Waals surface area contributed by atoms with Crippen molar-refractivity contribution in [1.29, 1.82) is 0 Å². The summed E-state index contributed by atoms with van der Waals surface area (Å²) in [4.78, 5) is 20.9. The second-order valence-electron chi connectivity index (χ2n) is 4.20. The van der Waals surface area contributed by atoms with Crippen LogP contribution in [-0.2, 0) is 13.9 Å². The fourth-order valence-corrected chi connectivity index (χ4v) is 2.20. The monoisotopic (exact) mass is 251 g/mol. The number of hydrogen-bond donors (Lipinski definition) is 2. The first-order valence-electron chi connectivity index (χ1n) is 5.61. The van der Waals surface area contributed by atoms with E-state index in [1.54, 1.807) is 0 Å². The lowest BCUT2D eigenvalue weighted by molar-refractivity contribution is -0.123. The van der Waals surface area contributed by atoms with Crippen molar-refractivity contribution in [3.05, 3.63) is 0 Å². The van der Waals surface area contributed by atoms with Crippen LogP contribution in [0.1, 0.15) is 40.5 Å². The molecule has 2 N–H and O–H groups in total. The number of carbonyl (C=O) groups is 1. The quantitative estimate of drug-likeness (QED) is 0.681. The Morgan fingerprint density at radius 1 is 1.38 bits per heavy atom. The molecule has 0 aliphatic carbocycles. The first-order valence-corrected chi connectivity index (χ1v) is 7.19. The predicted molar refractivity (Wildman–Crippen MR) is 62.8 cm³/mol. The number of carbonyl (C=O) groups excluding carboxylic acids is 1. The van der Waals surface area contributed by atoms with Gasteiger partial charge in [0.1, 0.15) is 0 Å². The van der Waals surface area contributed by atoms with Gasteiger partial charge in [0.15, 0.2) is 0 Å². The number of nitrogens with one attached hydrogen (secondary N) is 1. The minimum atomic E-state index is -3.98. The number of amides is 1. The molecule has 0 aliphatic rings. The Kier molecular flexibility index (Phi) is 6.88. The molecule has 1 unspecified atom stereocenters. The molecule has 16 heavy (non-hydrogen) atoms. The topological polar surface area (TPSA) is 75.6 Å². The van der Waals surface area contributed by atoms with Crippen LogP contribution in [0.25, 0.3) is 0 Å². The van der Waals surface area contributed by atoms with Crippen molar-refractivity contribution < 1.29 is 18.8 Å². The molecule has 1 atom stereocenters. The second-order valence-corrected chi connectivity index (χ2v) is 5.72. The van der Waals surface area contributed by atoms with E-state index >= 15 is 0 Å². The lowest BCUT2D eigenvalue weighted by atomic mass is 10.0. The van der Waals surface area contributed by atoms with Crippen molar-refractivity contribution in [2.45, 2.75) is 40.5 Å². The Morgan fingerprint density at radius 3 is 2.25 bits per heavy atom. The number of hydrogen-bond acceptors (Lipinski definition) is 3. The van der Waals surface area contributed by atoms with Gasteiger partial charge < -0.3 is 4.89 Å².